The number of thiocarbonyl (C=S) groups is 1. The first-order chi connectivity index (χ1) is 14.1. The average Bonchev–Trinajstić information content (AvgIpc) is 2.63. The van der Waals surface area contributed by atoms with Gasteiger partial charge < -0.3 is 10.6 Å². The van der Waals surface area contributed by atoms with Gasteiger partial charge in [0.2, 0.25) is 5.95 Å². The second kappa shape index (κ2) is 9.13. The third-order valence-corrected chi connectivity index (χ3v) is 5.91. The third-order valence-electron chi connectivity index (χ3n) is 3.81. The highest BCUT2D eigenvalue weighted by molar-refractivity contribution is 7.92. The summed E-state index contributed by atoms with van der Waals surface area (Å²) in [6.45, 7) is 3.53. The SMILES string of the molecule is Cc1cc(C)nc(NS(=O)(=O)c2ccc(NC(=S)Nc3ccc(Cl)cc3Cl)cc2)n1. The summed E-state index contributed by atoms with van der Waals surface area (Å²) in [7, 11) is -3.83. The Kier molecular flexibility index (Phi) is 6.77. The van der Waals surface area contributed by atoms with Crippen LogP contribution >= 0.6 is 35.4 Å². The van der Waals surface area contributed by atoms with Crippen molar-refractivity contribution in [1.29, 1.82) is 0 Å². The van der Waals surface area contributed by atoms with Crippen LogP contribution < -0.4 is 15.4 Å². The fraction of sp³-hybridized carbons (Fsp3) is 0.105. The van der Waals surface area contributed by atoms with Crippen LogP contribution in [0.1, 0.15) is 11.4 Å². The minimum absolute atomic E-state index is 0.0277. The maximum absolute atomic E-state index is 12.6. The number of hydrogen-bond acceptors (Lipinski definition) is 5. The lowest BCUT2D eigenvalue weighted by Gasteiger charge is -2.13. The lowest BCUT2D eigenvalue weighted by Crippen LogP contribution is -2.19. The number of nitrogens with one attached hydrogen (secondary N) is 3. The lowest BCUT2D eigenvalue weighted by atomic mass is 10.3. The van der Waals surface area contributed by atoms with Crippen molar-refractivity contribution in [2.75, 3.05) is 15.4 Å². The van der Waals surface area contributed by atoms with Crippen molar-refractivity contribution in [3.05, 3.63) is 70.0 Å². The first kappa shape index (κ1) is 22.2. The minimum Gasteiger partial charge on any atom is -0.332 e. The third kappa shape index (κ3) is 5.79. The van der Waals surface area contributed by atoms with Gasteiger partial charge in [0.15, 0.2) is 5.11 Å². The van der Waals surface area contributed by atoms with Crippen LogP contribution in [-0.2, 0) is 10.0 Å². The van der Waals surface area contributed by atoms with Gasteiger partial charge in [0.1, 0.15) is 0 Å². The molecule has 0 radical (unpaired) electrons. The molecule has 3 aromatic rings. The van der Waals surface area contributed by atoms with Crippen molar-refractivity contribution >= 4 is 67.9 Å². The van der Waals surface area contributed by atoms with Gasteiger partial charge in [-0.05, 0) is 74.6 Å². The molecule has 0 aliphatic rings. The summed E-state index contributed by atoms with van der Waals surface area (Å²) < 4.78 is 27.6. The number of anilines is 3. The zero-order valence-electron chi connectivity index (χ0n) is 15.9. The van der Waals surface area contributed by atoms with Gasteiger partial charge in [0.05, 0.1) is 15.6 Å². The van der Waals surface area contributed by atoms with E-state index < -0.39 is 10.0 Å². The number of benzene rings is 2. The molecule has 11 heteroatoms. The molecule has 0 amide bonds. The van der Waals surface area contributed by atoms with Crippen LogP contribution in [-0.4, -0.2) is 23.5 Å². The molecule has 3 N–H and O–H groups in total. The van der Waals surface area contributed by atoms with Crippen LogP contribution in [0.2, 0.25) is 10.0 Å². The number of nitrogens with zero attached hydrogens (tertiary/aromatic N) is 2. The van der Waals surface area contributed by atoms with Crippen molar-refractivity contribution in [2.45, 2.75) is 18.7 Å². The average molecular weight is 482 g/mol. The molecule has 7 nitrogen and oxygen atoms in total. The summed E-state index contributed by atoms with van der Waals surface area (Å²) >= 11 is 17.3. The Morgan fingerprint density at radius 2 is 1.57 bits per heavy atom. The van der Waals surface area contributed by atoms with E-state index in [1.807, 2.05) is 0 Å². The van der Waals surface area contributed by atoms with Gasteiger partial charge in [-0.1, -0.05) is 23.2 Å². The second-order valence-electron chi connectivity index (χ2n) is 6.31. The molecular formula is C19H17Cl2N5O2S2. The monoisotopic (exact) mass is 481 g/mol. The number of halogens is 2. The van der Waals surface area contributed by atoms with Gasteiger partial charge in [-0.2, -0.15) is 0 Å². The molecule has 2 aromatic carbocycles. The fourth-order valence-electron chi connectivity index (χ4n) is 2.54. The largest absolute Gasteiger partial charge is 0.332 e. The van der Waals surface area contributed by atoms with Crippen molar-refractivity contribution in [1.82, 2.24) is 9.97 Å². The second-order valence-corrected chi connectivity index (χ2v) is 9.24. The normalized spacial score (nSPS) is 11.1. The first-order valence-electron chi connectivity index (χ1n) is 8.60. The highest BCUT2D eigenvalue weighted by Crippen LogP contribution is 2.25. The van der Waals surface area contributed by atoms with Gasteiger partial charge in [0, 0.05) is 22.1 Å². The summed E-state index contributed by atoms with van der Waals surface area (Å²) in [5.74, 6) is 0.0277. The topological polar surface area (TPSA) is 96.0 Å². The molecule has 0 spiro atoms. The van der Waals surface area contributed by atoms with Gasteiger partial charge >= 0.3 is 0 Å². The Morgan fingerprint density at radius 1 is 0.933 bits per heavy atom. The molecule has 0 fully saturated rings. The maximum atomic E-state index is 12.6. The highest BCUT2D eigenvalue weighted by Gasteiger charge is 2.16. The van der Waals surface area contributed by atoms with Gasteiger partial charge in [0.25, 0.3) is 10.0 Å². The molecule has 0 aliphatic heterocycles. The summed E-state index contributed by atoms with van der Waals surface area (Å²) in [5.41, 5.74) is 2.53. The van der Waals surface area contributed by atoms with E-state index in [1.165, 1.54) is 12.1 Å². The quantitative estimate of drug-likeness (QED) is 0.440. The van der Waals surface area contributed by atoms with E-state index in [-0.39, 0.29) is 16.0 Å². The molecule has 0 bridgehead atoms. The Balaban J connectivity index is 1.68. The molecule has 0 saturated heterocycles. The van der Waals surface area contributed by atoms with E-state index in [4.69, 9.17) is 35.4 Å². The predicted octanol–water partition coefficient (Wildman–Crippen LogP) is 5.01. The van der Waals surface area contributed by atoms with Crippen molar-refractivity contribution in [3.63, 3.8) is 0 Å². The van der Waals surface area contributed by atoms with Crippen LogP contribution in [0.15, 0.2) is 53.4 Å². The smallest absolute Gasteiger partial charge is 0.264 e. The maximum Gasteiger partial charge on any atom is 0.264 e. The van der Waals surface area contributed by atoms with Crippen LogP contribution in [0.5, 0.6) is 0 Å². The van der Waals surface area contributed by atoms with E-state index in [0.717, 1.165) is 0 Å². The Hall–Kier alpha value is -2.46. The molecular weight excluding hydrogens is 465 g/mol. The number of aromatic nitrogens is 2. The van der Waals surface area contributed by atoms with E-state index in [1.54, 1.807) is 50.2 Å². The van der Waals surface area contributed by atoms with Crippen LogP contribution in [0, 0.1) is 13.8 Å². The molecule has 30 heavy (non-hydrogen) atoms. The number of sulfonamides is 1. The standard InChI is InChI=1S/C19H17Cl2N5O2S2/c1-11-9-12(2)23-18(22-11)26-30(27,28)15-6-4-14(5-7-15)24-19(29)25-17-8-3-13(20)10-16(17)21/h3-10H,1-2H3,(H,22,23,26)(H2,24,25,29). The molecule has 0 saturated carbocycles. The zero-order chi connectivity index (χ0) is 21.9. The van der Waals surface area contributed by atoms with Gasteiger partial charge in [-0.15, -0.1) is 0 Å². The first-order valence-corrected chi connectivity index (χ1v) is 11.3. The minimum atomic E-state index is -3.83. The number of hydrogen-bond donors (Lipinski definition) is 3. The van der Waals surface area contributed by atoms with Crippen LogP contribution in [0.3, 0.4) is 0 Å². The zero-order valence-corrected chi connectivity index (χ0v) is 19.0. The molecule has 1 aromatic heterocycles. The van der Waals surface area contributed by atoms with Gasteiger partial charge in [-0.3, -0.25) is 0 Å². The Bertz CT molecular complexity index is 1180. The van der Waals surface area contributed by atoms with E-state index >= 15 is 0 Å². The Labute approximate surface area is 189 Å². The molecule has 3 rings (SSSR count). The Morgan fingerprint density at radius 3 is 2.17 bits per heavy atom. The molecule has 0 atom stereocenters. The summed E-state index contributed by atoms with van der Waals surface area (Å²) in [6.07, 6.45) is 0. The highest BCUT2D eigenvalue weighted by atomic mass is 35.5. The molecule has 0 aliphatic carbocycles. The van der Waals surface area contributed by atoms with E-state index in [9.17, 15) is 8.42 Å². The predicted molar refractivity (Wildman–Crippen MR) is 125 cm³/mol. The van der Waals surface area contributed by atoms with Gasteiger partial charge in [-0.25, -0.2) is 23.1 Å². The molecule has 156 valence electrons. The number of aryl methyl sites for hydroxylation is 2. The van der Waals surface area contributed by atoms with E-state index in [2.05, 4.69) is 25.3 Å². The summed E-state index contributed by atoms with van der Waals surface area (Å²) in [4.78, 5) is 8.26. The molecule has 1 heterocycles. The van der Waals surface area contributed by atoms with Crippen molar-refractivity contribution in [3.8, 4) is 0 Å². The molecule has 0 unspecified atom stereocenters. The lowest BCUT2D eigenvalue weighted by molar-refractivity contribution is 0.601. The van der Waals surface area contributed by atoms with E-state index in [0.29, 0.717) is 32.8 Å². The van der Waals surface area contributed by atoms with Crippen LogP contribution in [0.4, 0.5) is 17.3 Å². The van der Waals surface area contributed by atoms with Crippen molar-refractivity contribution < 1.29 is 8.42 Å². The summed E-state index contributed by atoms with van der Waals surface area (Å²) in [5, 5.41) is 7.15. The fourth-order valence-corrected chi connectivity index (χ4v) is 4.17. The van der Waals surface area contributed by atoms with Crippen molar-refractivity contribution in [2.24, 2.45) is 0 Å². The number of rotatable bonds is 5. The summed E-state index contributed by atoms with van der Waals surface area (Å²) in [6, 6.07) is 12.8. The van der Waals surface area contributed by atoms with Crippen LogP contribution in [0.25, 0.3) is 0 Å².